The molecule has 0 atom stereocenters. The second-order valence-corrected chi connectivity index (χ2v) is 4.45. The van der Waals surface area contributed by atoms with E-state index in [4.69, 9.17) is 0 Å². The summed E-state index contributed by atoms with van der Waals surface area (Å²) < 4.78 is 0. The molecule has 1 aliphatic rings. The minimum Gasteiger partial charge on any atom is -0.317 e. The summed E-state index contributed by atoms with van der Waals surface area (Å²) in [5, 5.41) is 3.32. The highest BCUT2D eigenvalue weighted by Crippen LogP contribution is 2.22. The Balaban J connectivity index is 0. The first-order valence-electron chi connectivity index (χ1n) is 6.35. The van der Waals surface area contributed by atoms with Gasteiger partial charge < -0.3 is 5.32 Å². The minimum absolute atomic E-state index is 0.821. The van der Waals surface area contributed by atoms with E-state index in [9.17, 15) is 0 Å². The molecule has 0 aromatic carbocycles. The van der Waals surface area contributed by atoms with Gasteiger partial charge in [0.05, 0.1) is 0 Å². The van der Waals surface area contributed by atoms with Crippen molar-refractivity contribution in [2.75, 3.05) is 7.05 Å². The molecular weight excluding hydrogens is 182 g/mol. The zero-order chi connectivity index (χ0) is 12.3. The van der Waals surface area contributed by atoms with Gasteiger partial charge >= 0.3 is 0 Å². The largest absolute Gasteiger partial charge is 0.317 e. The molecule has 0 spiro atoms. The van der Waals surface area contributed by atoms with Crippen LogP contribution in [0.4, 0.5) is 0 Å². The second-order valence-electron chi connectivity index (χ2n) is 4.45. The summed E-state index contributed by atoms with van der Waals surface area (Å²) in [6, 6.07) is 0.821. The van der Waals surface area contributed by atoms with E-state index in [0.29, 0.717) is 0 Å². The van der Waals surface area contributed by atoms with E-state index in [2.05, 4.69) is 25.9 Å². The van der Waals surface area contributed by atoms with Crippen LogP contribution >= 0.6 is 0 Å². The quantitative estimate of drug-likeness (QED) is 0.637. The molecule has 0 aromatic heterocycles. The fourth-order valence-corrected chi connectivity index (χ4v) is 1.55. The predicted molar refractivity (Wildman–Crippen MR) is 72.3 cm³/mol. The topological polar surface area (TPSA) is 12.0 Å². The molecule has 1 heteroatoms. The summed E-state index contributed by atoms with van der Waals surface area (Å²) in [6.45, 7) is 13.9. The lowest BCUT2D eigenvalue weighted by molar-refractivity contribution is 0.319. The minimum atomic E-state index is 0.821. The van der Waals surface area contributed by atoms with Gasteiger partial charge in [-0.05, 0) is 52.5 Å². The maximum absolute atomic E-state index is 3.56. The molecule has 1 aliphatic carbocycles. The SMILES string of the molecule is C=C(C)C.CC.CNC1CCC(C)CC1. The average Bonchev–Trinajstić information content (AvgIpc) is 2.21. The summed E-state index contributed by atoms with van der Waals surface area (Å²) in [5.41, 5.74) is 1.17. The monoisotopic (exact) mass is 213 g/mol. The molecule has 0 radical (unpaired) electrons. The van der Waals surface area contributed by atoms with Crippen molar-refractivity contribution in [2.24, 2.45) is 5.92 Å². The van der Waals surface area contributed by atoms with Gasteiger partial charge in [0.25, 0.3) is 0 Å². The summed E-state index contributed by atoms with van der Waals surface area (Å²) in [4.78, 5) is 0. The van der Waals surface area contributed by atoms with Crippen LogP contribution in [0.1, 0.15) is 60.3 Å². The van der Waals surface area contributed by atoms with Crippen molar-refractivity contribution in [3.8, 4) is 0 Å². The van der Waals surface area contributed by atoms with E-state index in [-0.39, 0.29) is 0 Å². The normalized spacial score (nSPS) is 24.1. The molecule has 1 nitrogen and oxygen atoms in total. The van der Waals surface area contributed by atoms with Crippen LogP contribution in [-0.2, 0) is 0 Å². The van der Waals surface area contributed by atoms with Crippen molar-refractivity contribution < 1.29 is 0 Å². The van der Waals surface area contributed by atoms with Gasteiger partial charge in [0.2, 0.25) is 0 Å². The van der Waals surface area contributed by atoms with Crippen molar-refractivity contribution in [1.29, 1.82) is 0 Å². The lowest BCUT2D eigenvalue weighted by Crippen LogP contribution is -2.29. The Labute approximate surface area is 97.3 Å². The predicted octanol–water partition coefficient (Wildman–Crippen LogP) is 4.39. The van der Waals surface area contributed by atoms with Gasteiger partial charge in [-0.2, -0.15) is 0 Å². The zero-order valence-electron chi connectivity index (χ0n) is 11.7. The van der Waals surface area contributed by atoms with Crippen LogP contribution in [0.25, 0.3) is 0 Å². The fourth-order valence-electron chi connectivity index (χ4n) is 1.55. The number of hydrogen-bond donors (Lipinski definition) is 1. The first-order valence-corrected chi connectivity index (χ1v) is 6.35. The van der Waals surface area contributed by atoms with Gasteiger partial charge in [-0.1, -0.05) is 26.3 Å². The molecule has 1 N–H and O–H groups in total. The van der Waals surface area contributed by atoms with Crippen LogP contribution in [0, 0.1) is 5.92 Å². The second kappa shape index (κ2) is 11.8. The molecule has 92 valence electrons. The van der Waals surface area contributed by atoms with Crippen molar-refractivity contribution >= 4 is 0 Å². The molecule has 0 amide bonds. The number of nitrogens with one attached hydrogen (secondary N) is 1. The highest BCUT2D eigenvalue weighted by atomic mass is 14.9. The Hall–Kier alpha value is -0.300. The van der Waals surface area contributed by atoms with Crippen LogP contribution in [0.15, 0.2) is 12.2 Å². The van der Waals surface area contributed by atoms with E-state index in [1.54, 1.807) is 0 Å². The molecular formula is C14H31N. The molecule has 1 fully saturated rings. The van der Waals surface area contributed by atoms with E-state index in [1.165, 1.54) is 31.3 Å². The van der Waals surface area contributed by atoms with Crippen molar-refractivity contribution in [1.82, 2.24) is 5.32 Å². The molecule has 0 saturated heterocycles. The molecule has 1 saturated carbocycles. The Morgan fingerprint density at radius 3 is 1.67 bits per heavy atom. The summed E-state index contributed by atoms with van der Waals surface area (Å²) in [6.07, 6.45) is 5.62. The third kappa shape index (κ3) is 13.7. The van der Waals surface area contributed by atoms with Gasteiger partial charge in [0.1, 0.15) is 0 Å². The summed E-state index contributed by atoms with van der Waals surface area (Å²) in [5.74, 6) is 0.981. The van der Waals surface area contributed by atoms with Gasteiger partial charge in [-0.3, -0.25) is 0 Å². The summed E-state index contributed by atoms with van der Waals surface area (Å²) >= 11 is 0. The number of hydrogen-bond acceptors (Lipinski definition) is 1. The maximum Gasteiger partial charge on any atom is 0.00642 e. The van der Waals surface area contributed by atoms with Crippen LogP contribution in [0.3, 0.4) is 0 Å². The molecule has 0 bridgehead atoms. The molecule has 0 heterocycles. The zero-order valence-corrected chi connectivity index (χ0v) is 11.7. The third-order valence-electron chi connectivity index (χ3n) is 2.42. The van der Waals surface area contributed by atoms with Crippen molar-refractivity contribution in [2.45, 2.75) is 66.3 Å². The standard InChI is InChI=1S/C8H17N.C4H8.C2H6/c1-7-3-5-8(9-2)6-4-7;1-4(2)3;1-2/h7-9H,3-6H2,1-2H3;1H2,2-3H3;1-2H3. The van der Waals surface area contributed by atoms with Crippen LogP contribution < -0.4 is 5.32 Å². The Morgan fingerprint density at radius 1 is 1.07 bits per heavy atom. The molecule has 0 aliphatic heterocycles. The van der Waals surface area contributed by atoms with E-state index in [1.807, 2.05) is 27.7 Å². The third-order valence-corrected chi connectivity index (χ3v) is 2.42. The molecule has 15 heavy (non-hydrogen) atoms. The van der Waals surface area contributed by atoms with Gasteiger partial charge in [-0.15, -0.1) is 6.58 Å². The number of rotatable bonds is 1. The van der Waals surface area contributed by atoms with Crippen LogP contribution in [0.5, 0.6) is 0 Å². The summed E-state index contributed by atoms with van der Waals surface area (Å²) in [7, 11) is 2.07. The fraction of sp³-hybridized carbons (Fsp3) is 0.857. The highest BCUT2D eigenvalue weighted by Gasteiger charge is 2.15. The Bertz CT molecular complexity index is 128. The van der Waals surface area contributed by atoms with Crippen LogP contribution in [-0.4, -0.2) is 13.1 Å². The van der Waals surface area contributed by atoms with Crippen LogP contribution in [0.2, 0.25) is 0 Å². The Kier molecular flexibility index (Phi) is 13.4. The van der Waals surface area contributed by atoms with Gasteiger partial charge in [-0.25, -0.2) is 0 Å². The Morgan fingerprint density at radius 2 is 1.40 bits per heavy atom. The highest BCUT2D eigenvalue weighted by molar-refractivity contribution is 4.78. The first kappa shape index (κ1) is 17.1. The maximum atomic E-state index is 3.56. The lowest BCUT2D eigenvalue weighted by atomic mass is 9.87. The smallest absolute Gasteiger partial charge is 0.00642 e. The molecule has 1 rings (SSSR count). The van der Waals surface area contributed by atoms with Gasteiger partial charge in [0.15, 0.2) is 0 Å². The van der Waals surface area contributed by atoms with Crippen molar-refractivity contribution in [3.63, 3.8) is 0 Å². The lowest BCUT2D eigenvalue weighted by Gasteiger charge is -2.25. The van der Waals surface area contributed by atoms with Gasteiger partial charge in [0, 0.05) is 6.04 Å². The first-order chi connectivity index (χ1) is 7.06. The van der Waals surface area contributed by atoms with E-state index >= 15 is 0 Å². The van der Waals surface area contributed by atoms with E-state index < -0.39 is 0 Å². The van der Waals surface area contributed by atoms with E-state index in [0.717, 1.165) is 12.0 Å². The number of allylic oxidation sites excluding steroid dienone is 1. The van der Waals surface area contributed by atoms with Crippen molar-refractivity contribution in [3.05, 3.63) is 12.2 Å². The molecule has 0 unspecified atom stereocenters. The average molecular weight is 213 g/mol. The molecule has 0 aromatic rings.